The zero-order chi connectivity index (χ0) is 17.9. The van der Waals surface area contributed by atoms with Gasteiger partial charge in [-0.3, -0.25) is 0 Å². The minimum Gasteiger partial charge on any atom is -0.385 e. The SMILES string of the molecule is c1ccc2c(c1)COCCCCNc1ccccc1COCCCCN2. The van der Waals surface area contributed by atoms with Crippen LogP contribution in [0.25, 0.3) is 0 Å². The maximum Gasteiger partial charge on any atom is 0.0736 e. The first-order chi connectivity index (χ1) is 12.9. The first-order valence-electron chi connectivity index (χ1n) is 9.72. The molecule has 1 heterocycles. The number of rotatable bonds is 0. The number of fused-ring (bicyclic) bond motifs is 2. The zero-order valence-corrected chi connectivity index (χ0v) is 15.5. The molecule has 0 radical (unpaired) electrons. The number of para-hydroxylation sites is 2. The van der Waals surface area contributed by atoms with Crippen molar-refractivity contribution in [3.63, 3.8) is 0 Å². The molecule has 3 rings (SSSR count). The lowest BCUT2D eigenvalue weighted by Gasteiger charge is -2.14. The lowest BCUT2D eigenvalue weighted by atomic mass is 10.1. The van der Waals surface area contributed by atoms with Crippen LogP contribution in [0, 0.1) is 0 Å². The standard InChI is InChI=1S/C22H30N2O2/c1-3-11-21-19(9-1)17-25-15-7-6-14-24-22-12-4-2-10-20(22)18-26-16-8-5-13-23-21/h1-4,9-12,23-24H,5-8,13-18H2. The van der Waals surface area contributed by atoms with Crippen LogP contribution < -0.4 is 10.6 Å². The molecular formula is C22H30N2O2. The summed E-state index contributed by atoms with van der Waals surface area (Å²) in [5.41, 5.74) is 4.84. The summed E-state index contributed by atoms with van der Waals surface area (Å²) >= 11 is 0. The fraction of sp³-hybridized carbons (Fsp3) is 0.455. The second kappa shape index (κ2) is 10.8. The van der Waals surface area contributed by atoms with Crippen molar-refractivity contribution in [3.8, 4) is 0 Å². The van der Waals surface area contributed by atoms with Crippen molar-refractivity contribution >= 4 is 11.4 Å². The Morgan fingerprint density at radius 3 is 1.54 bits per heavy atom. The van der Waals surface area contributed by atoms with Gasteiger partial charge in [0.2, 0.25) is 0 Å². The second-order valence-corrected chi connectivity index (χ2v) is 6.69. The Balaban J connectivity index is 1.56. The van der Waals surface area contributed by atoms with Crippen molar-refractivity contribution in [2.75, 3.05) is 36.9 Å². The molecule has 4 nitrogen and oxygen atoms in total. The van der Waals surface area contributed by atoms with Crippen LogP contribution in [-0.2, 0) is 22.7 Å². The molecule has 0 saturated carbocycles. The minimum atomic E-state index is 0.669. The number of hydrogen-bond acceptors (Lipinski definition) is 4. The van der Waals surface area contributed by atoms with Gasteiger partial charge in [0, 0.05) is 48.8 Å². The van der Waals surface area contributed by atoms with Gasteiger partial charge in [-0.15, -0.1) is 0 Å². The van der Waals surface area contributed by atoms with E-state index in [0.29, 0.717) is 13.2 Å². The third-order valence-corrected chi connectivity index (χ3v) is 4.61. The lowest BCUT2D eigenvalue weighted by molar-refractivity contribution is 0.117. The molecule has 140 valence electrons. The molecule has 2 aromatic rings. The van der Waals surface area contributed by atoms with Gasteiger partial charge >= 0.3 is 0 Å². The summed E-state index contributed by atoms with van der Waals surface area (Å²) in [6.45, 7) is 4.84. The topological polar surface area (TPSA) is 42.5 Å². The molecule has 1 aliphatic heterocycles. The van der Waals surface area contributed by atoms with Crippen LogP contribution in [0.1, 0.15) is 36.8 Å². The van der Waals surface area contributed by atoms with E-state index in [4.69, 9.17) is 9.47 Å². The molecule has 0 fully saturated rings. The molecule has 0 aliphatic carbocycles. The highest BCUT2D eigenvalue weighted by Crippen LogP contribution is 2.18. The molecule has 2 aromatic carbocycles. The molecule has 4 heteroatoms. The van der Waals surface area contributed by atoms with Crippen LogP contribution in [0.5, 0.6) is 0 Å². The van der Waals surface area contributed by atoms with E-state index in [2.05, 4.69) is 59.2 Å². The van der Waals surface area contributed by atoms with Crippen LogP contribution >= 0.6 is 0 Å². The molecular weight excluding hydrogens is 324 g/mol. The van der Waals surface area contributed by atoms with Gasteiger partial charge < -0.3 is 20.1 Å². The second-order valence-electron chi connectivity index (χ2n) is 6.69. The number of benzene rings is 2. The van der Waals surface area contributed by atoms with E-state index in [-0.39, 0.29) is 0 Å². The summed E-state index contributed by atoms with van der Waals surface area (Å²) in [6, 6.07) is 16.8. The monoisotopic (exact) mass is 354 g/mol. The van der Waals surface area contributed by atoms with Gasteiger partial charge in [-0.2, -0.15) is 0 Å². The van der Waals surface area contributed by atoms with Gasteiger partial charge in [0.25, 0.3) is 0 Å². The molecule has 1 aliphatic rings. The van der Waals surface area contributed by atoms with Crippen molar-refractivity contribution in [1.82, 2.24) is 0 Å². The van der Waals surface area contributed by atoms with E-state index in [9.17, 15) is 0 Å². The van der Waals surface area contributed by atoms with E-state index in [0.717, 1.165) is 52.0 Å². The van der Waals surface area contributed by atoms with Gasteiger partial charge in [-0.25, -0.2) is 0 Å². The maximum absolute atomic E-state index is 5.89. The molecule has 0 aromatic heterocycles. The van der Waals surface area contributed by atoms with Crippen molar-refractivity contribution in [2.45, 2.75) is 38.9 Å². The van der Waals surface area contributed by atoms with Crippen molar-refractivity contribution in [3.05, 3.63) is 59.7 Å². The predicted octanol–water partition coefficient (Wildman–Crippen LogP) is 4.82. The van der Waals surface area contributed by atoms with E-state index < -0.39 is 0 Å². The zero-order valence-electron chi connectivity index (χ0n) is 15.5. The third-order valence-electron chi connectivity index (χ3n) is 4.61. The fourth-order valence-corrected chi connectivity index (χ4v) is 3.11. The maximum atomic E-state index is 5.89. The Hall–Kier alpha value is -2.04. The Kier molecular flexibility index (Phi) is 7.81. The summed E-state index contributed by atoms with van der Waals surface area (Å²) in [5, 5.41) is 7.07. The van der Waals surface area contributed by atoms with Crippen LogP contribution in [0.15, 0.2) is 48.5 Å². The van der Waals surface area contributed by atoms with Gasteiger partial charge in [-0.05, 0) is 37.8 Å². The fourth-order valence-electron chi connectivity index (χ4n) is 3.11. The van der Waals surface area contributed by atoms with Crippen molar-refractivity contribution < 1.29 is 9.47 Å². The summed E-state index contributed by atoms with van der Waals surface area (Å²) in [5.74, 6) is 0. The summed E-state index contributed by atoms with van der Waals surface area (Å²) in [4.78, 5) is 0. The van der Waals surface area contributed by atoms with Crippen molar-refractivity contribution in [2.24, 2.45) is 0 Å². The molecule has 0 amide bonds. The normalized spacial score (nSPS) is 17.5. The summed E-state index contributed by atoms with van der Waals surface area (Å²) < 4.78 is 11.8. The van der Waals surface area contributed by atoms with Crippen LogP contribution in [0.3, 0.4) is 0 Å². The third kappa shape index (κ3) is 6.04. The minimum absolute atomic E-state index is 0.669. The number of nitrogens with one attached hydrogen (secondary N) is 2. The number of ether oxygens (including phenoxy) is 2. The lowest BCUT2D eigenvalue weighted by Crippen LogP contribution is -2.09. The Morgan fingerprint density at radius 2 is 1.04 bits per heavy atom. The molecule has 26 heavy (non-hydrogen) atoms. The first-order valence-corrected chi connectivity index (χ1v) is 9.72. The molecule has 2 N–H and O–H groups in total. The highest BCUT2D eigenvalue weighted by atomic mass is 16.5. The molecule has 0 unspecified atom stereocenters. The van der Waals surface area contributed by atoms with E-state index in [1.807, 2.05) is 0 Å². The van der Waals surface area contributed by atoms with E-state index >= 15 is 0 Å². The first kappa shape index (κ1) is 18.7. The predicted molar refractivity (Wildman–Crippen MR) is 108 cm³/mol. The summed E-state index contributed by atoms with van der Waals surface area (Å²) in [6.07, 6.45) is 4.30. The largest absolute Gasteiger partial charge is 0.385 e. The Labute approximate surface area is 156 Å². The smallest absolute Gasteiger partial charge is 0.0736 e. The molecule has 0 saturated heterocycles. The van der Waals surface area contributed by atoms with Crippen LogP contribution in [-0.4, -0.2) is 26.3 Å². The summed E-state index contributed by atoms with van der Waals surface area (Å²) in [7, 11) is 0. The highest BCUT2D eigenvalue weighted by Gasteiger charge is 2.04. The average Bonchev–Trinajstić information content (AvgIpc) is 2.68. The Morgan fingerprint density at radius 1 is 0.577 bits per heavy atom. The van der Waals surface area contributed by atoms with Gasteiger partial charge in [0.1, 0.15) is 0 Å². The average molecular weight is 354 g/mol. The molecule has 0 atom stereocenters. The quantitative estimate of drug-likeness (QED) is 0.712. The van der Waals surface area contributed by atoms with Crippen molar-refractivity contribution in [1.29, 1.82) is 0 Å². The Bertz CT molecular complexity index is 549. The van der Waals surface area contributed by atoms with E-state index in [1.54, 1.807) is 0 Å². The van der Waals surface area contributed by atoms with Gasteiger partial charge in [0.15, 0.2) is 0 Å². The van der Waals surface area contributed by atoms with Gasteiger partial charge in [-0.1, -0.05) is 36.4 Å². The van der Waals surface area contributed by atoms with Crippen LogP contribution in [0.2, 0.25) is 0 Å². The molecule has 0 spiro atoms. The van der Waals surface area contributed by atoms with E-state index in [1.165, 1.54) is 22.5 Å². The van der Waals surface area contributed by atoms with Gasteiger partial charge in [0.05, 0.1) is 13.2 Å². The molecule has 0 bridgehead atoms. The number of hydrogen-bond donors (Lipinski definition) is 2. The van der Waals surface area contributed by atoms with Crippen LogP contribution in [0.4, 0.5) is 11.4 Å². The highest BCUT2D eigenvalue weighted by molar-refractivity contribution is 5.51. The number of anilines is 2.